The van der Waals surface area contributed by atoms with Gasteiger partial charge in [0.2, 0.25) is 5.91 Å². The van der Waals surface area contributed by atoms with Crippen LogP contribution in [0.15, 0.2) is 40.6 Å². The molecule has 0 spiro atoms. The van der Waals surface area contributed by atoms with Gasteiger partial charge in [-0.05, 0) is 48.9 Å². The van der Waals surface area contributed by atoms with Crippen LogP contribution >= 0.6 is 22.9 Å². The summed E-state index contributed by atoms with van der Waals surface area (Å²) in [5, 5.41) is 0. The summed E-state index contributed by atoms with van der Waals surface area (Å²) >= 11 is 6.98. The van der Waals surface area contributed by atoms with Gasteiger partial charge in [-0.15, -0.1) is 11.3 Å². The number of benzene rings is 1. The molecule has 9 heteroatoms. The number of hydrogen-bond acceptors (Lipinski definition) is 5. The molecule has 6 nitrogen and oxygen atoms in total. The molecule has 2 fully saturated rings. The van der Waals surface area contributed by atoms with Gasteiger partial charge in [-0.2, -0.15) is 4.31 Å². The number of halogens is 1. The van der Waals surface area contributed by atoms with E-state index >= 15 is 0 Å². The number of rotatable bonds is 6. The van der Waals surface area contributed by atoms with E-state index in [1.54, 1.807) is 12.1 Å². The molecule has 2 aliphatic carbocycles. The number of amides is 1. The van der Waals surface area contributed by atoms with Crippen LogP contribution < -0.4 is 0 Å². The molecule has 1 aliphatic heterocycles. The Hall–Kier alpha value is -1.45. The quantitative estimate of drug-likeness (QED) is 0.637. The zero-order valence-corrected chi connectivity index (χ0v) is 19.6. The number of sulfonamides is 1. The fraction of sp³-hybridized carbons (Fsp3) is 0.500. The van der Waals surface area contributed by atoms with E-state index in [0.717, 1.165) is 37.0 Å². The number of hydrogen-bond donors (Lipinski definition) is 0. The first-order valence-electron chi connectivity index (χ1n) is 10.8. The number of thiophene rings is 1. The van der Waals surface area contributed by atoms with Crippen molar-refractivity contribution in [3.05, 3.63) is 51.9 Å². The number of nitrogens with zero attached hydrogens (tertiary/aromatic N) is 3. The normalized spacial score (nSPS) is 22.1. The fourth-order valence-corrected chi connectivity index (χ4v) is 7.84. The lowest BCUT2D eigenvalue weighted by molar-refractivity contribution is -0.134. The van der Waals surface area contributed by atoms with Crippen molar-refractivity contribution in [2.75, 3.05) is 32.7 Å². The Labute approximate surface area is 192 Å². The van der Waals surface area contributed by atoms with Gasteiger partial charge >= 0.3 is 0 Å². The molecule has 0 N–H and O–H groups in total. The van der Waals surface area contributed by atoms with E-state index in [1.165, 1.54) is 15.4 Å². The first-order valence-corrected chi connectivity index (χ1v) is 13.4. The molecular formula is C22H26ClN3O3S2. The second kappa shape index (κ2) is 8.48. The highest BCUT2D eigenvalue weighted by atomic mass is 35.5. The van der Waals surface area contributed by atoms with Gasteiger partial charge in [0.15, 0.2) is 0 Å². The molecule has 0 bridgehead atoms. The van der Waals surface area contributed by atoms with Crippen LogP contribution in [0.3, 0.4) is 0 Å². The van der Waals surface area contributed by atoms with E-state index in [4.69, 9.17) is 11.6 Å². The lowest BCUT2D eigenvalue weighted by Gasteiger charge is -2.36. The van der Waals surface area contributed by atoms with Gasteiger partial charge < -0.3 is 4.90 Å². The van der Waals surface area contributed by atoms with Crippen molar-refractivity contribution < 1.29 is 13.2 Å². The predicted molar refractivity (Wildman–Crippen MR) is 122 cm³/mol. The third-order valence-electron chi connectivity index (χ3n) is 6.57. The molecule has 1 aromatic heterocycles. The van der Waals surface area contributed by atoms with Crippen molar-refractivity contribution in [1.82, 2.24) is 14.1 Å². The molecule has 5 rings (SSSR count). The van der Waals surface area contributed by atoms with Crippen LogP contribution in [0, 0.1) is 0 Å². The Bertz CT molecular complexity index is 1080. The van der Waals surface area contributed by atoms with Crippen molar-refractivity contribution in [3.63, 3.8) is 0 Å². The standard InChI is InChI=1S/C22H26ClN3O3S2/c23-20-9-10-22(30-20)31(28,29)25-13-11-24(12-14-25)21(27)15-26(17-6-7-17)19-8-5-16-3-1-2-4-18(16)19/h1-4,9-10,17,19H,5-8,11-15H2. The van der Waals surface area contributed by atoms with Crippen molar-refractivity contribution in [1.29, 1.82) is 0 Å². The number of fused-ring (bicyclic) bond motifs is 1. The highest BCUT2D eigenvalue weighted by Gasteiger charge is 2.39. The molecule has 0 radical (unpaired) electrons. The summed E-state index contributed by atoms with van der Waals surface area (Å²) in [5.74, 6) is 0.104. The van der Waals surface area contributed by atoms with Gasteiger partial charge in [0.25, 0.3) is 10.0 Å². The molecule has 1 saturated heterocycles. The van der Waals surface area contributed by atoms with Gasteiger partial charge in [-0.25, -0.2) is 8.42 Å². The smallest absolute Gasteiger partial charge is 0.252 e. The van der Waals surface area contributed by atoms with E-state index in [-0.39, 0.29) is 10.1 Å². The molecular weight excluding hydrogens is 454 g/mol. The number of piperazine rings is 1. The lowest BCUT2D eigenvalue weighted by atomic mass is 10.1. The van der Waals surface area contributed by atoms with Crippen LogP contribution in [0.1, 0.15) is 36.4 Å². The van der Waals surface area contributed by atoms with Gasteiger partial charge in [0.1, 0.15) is 4.21 Å². The summed E-state index contributed by atoms with van der Waals surface area (Å²) in [5.41, 5.74) is 2.77. The summed E-state index contributed by atoms with van der Waals surface area (Å²) in [7, 11) is -3.54. The van der Waals surface area contributed by atoms with Crippen molar-refractivity contribution in [2.45, 2.75) is 42.0 Å². The third-order valence-corrected chi connectivity index (χ3v) is 10.2. The molecule has 2 aromatic rings. The molecule has 3 aliphatic rings. The van der Waals surface area contributed by atoms with Crippen LogP contribution in [0.5, 0.6) is 0 Å². The largest absolute Gasteiger partial charge is 0.339 e. The van der Waals surface area contributed by atoms with Crippen LogP contribution in [0.25, 0.3) is 0 Å². The van der Waals surface area contributed by atoms with Crippen LogP contribution in [-0.4, -0.2) is 67.2 Å². The number of carbonyl (C=O) groups excluding carboxylic acids is 1. The minimum Gasteiger partial charge on any atom is -0.339 e. The lowest BCUT2D eigenvalue weighted by Crippen LogP contribution is -2.52. The summed E-state index contributed by atoms with van der Waals surface area (Å²) in [4.78, 5) is 17.4. The fourth-order valence-electron chi connectivity index (χ4n) is 4.78. The van der Waals surface area contributed by atoms with Crippen molar-refractivity contribution in [3.8, 4) is 0 Å². The van der Waals surface area contributed by atoms with E-state index in [1.807, 2.05) is 4.90 Å². The highest BCUT2D eigenvalue weighted by molar-refractivity contribution is 7.91. The van der Waals surface area contributed by atoms with Crippen LogP contribution in [0.4, 0.5) is 0 Å². The van der Waals surface area contributed by atoms with Crippen molar-refractivity contribution >= 4 is 38.9 Å². The van der Waals surface area contributed by atoms with Gasteiger partial charge in [0.05, 0.1) is 10.9 Å². The first-order chi connectivity index (χ1) is 14.9. The Morgan fingerprint density at radius 2 is 1.81 bits per heavy atom. The molecule has 1 unspecified atom stereocenters. The molecule has 31 heavy (non-hydrogen) atoms. The molecule has 1 amide bonds. The molecule has 1 saturated carbocycles. The summed E-state index contributed by atoms with van der Waals surface area (Å²) in [6.45, 7) is 1.91. The summed E-state index contributed by atoms with van der Waals surface area (Å²) < 4.78 is 27.8. The molecule has 1 aromatic carbocycles. The van der Waals surface area contributed by atoms with E-state index in [2.05, 4.69) is 29.2 Å². The average Bonchev–Trinajstić information content (AvgIpc) is 3.38. The Morgan fingerprint density at radius 1 is 1.06 bits per heavy atom. The van der Waals surface area contributed by atoms with Crippen molar-refractivity contribution in [2.24, 2.45) is 0 Å². The van der Waals surface area contributed by atoms with E-state index in [0.29, 0.717) is 49.1 Å². The monoisotopic (exact) mass is 479 g/mol. The first kappa shape index (κ1) is 21.4. The topological polar surface area (TPSA) is 60.9 Å². The number of aryl methyl sites for hydroxylation is 1. The zero-order valence-electron chi connectivity index (χ0n) is 17.2. The van der Waals surface area contributed by atoms with Crippen LogP contribution in [0.2, 0.25) is 4.34 Å². The van der Waals surface area contributed by atoms with Crippen LogP contribution in [-0.2, 0) is 21.2 Å². The minimum atomic E-state index is -3.54. The second-order valence-corrected chi connectivity index (χ2v) is 12.4. The Morgan fingerprint density at radius 3 is 2.48 bits per heavy atom. The summed E-state index contributed by atoms with van der Waals surface area (Å²) in [6.07, 6.45) is 4.45. The maximum absolute atomic E-state index is 13.1. The SMILES string of the molecule is O=C(CN(C1CC1)C1CCc2ccccc21)N1CCN(S(=O)(=O)c2ccc(Cl)s2)CC1. The molecule has 2 heterocycles. The zero-order chi connectivity index (χ0) is 21.6. The predicted octanol–water partition coefficient (Wildman–Crippen LogP) is 3.39. The number of carbonyl (C=O) groups is 1. The van der Waals surface area contributed by atoms with Gasteiger partial charge in [-0.1, -0.05) is 35.9 Å². The van der Waals surface area contributed by atoms with Gasteiger partial charge in [0, 0.05) is 38.3 Å². The van der Waals surface area contributed by atoms with Gasteiger partial charge in [-0.3, -0.25) is 9.69 Å². The Balaban J connectivity index is 1.22. The van der Waals surface area contributed by atoms with E-state index in [9.17, 15) is 13.2 Å². The minimum absolute atomic E-state index is 0.104. The second-order valence-electron chi connectivity index (χ2n) is 8.50. The Kier molecular flexibility index (Phi) is 5.85. The molecule has 1 atom stereocenters. The summed E-state index contributed by atoms with van der Waals surface area (Å²) in [6, 6.07) is 12.5. The molecule has 166 valence electrons. The third kappa shape index (κ3) is 4.28. The maximum atomic E-state index is 13.1. The highest BCUT2D eigenvalue weighted by Crippen LogP contribution is 2.41. The average molecular weight is 480 g/mol. The van der Waals surface area contributed by atoms with E-state index < -0.39 is 10.0 Å². The maximum Gasteiger partial charge on any atom is 0.252 e.